The van der Waals surface area contributed by atoms with E-state index in [0.717, 1.165) is 34.0 Å². The monoisotopic (exact) mass is 296 g/mol. The van der Waals surface area contributed by atoms with Crippen molar-refractivity contribution in [3.8, 4) is 11.5 Å². The SMILES string of the molecule is Cc1cc2ncc(CNCc3cccc4c3OCO4)cn2n1. The molecular formula is C16H16N4O2. The minimum atomic E-state index is 0.297. The lowest BCUT2D eigenvalue weighted by atomic mass is 10.2. The zero-order chi connectivity index (χ0) is 14.9. The second-order valence-electron chi connectivity index (χ2n) is 5.31. The molecule has 3 heterocycles. The number of aryl methyl sites for hydroxylation is 1. The molecule has 3 aromatic rings. The third-order valence-corrected chi connectivity index (χ3v) is 3.61. The van der Waals surface area contributed by atoms with Crippen LogP contribution in [-0.4, -0.2) is 21.4 Å². The number of fused-ring (bicyclic) bond motifs is 2. The van der Waals surface area contributed by atoms with Crippen LogP contribution in [-0.2, 0) is 13.1 Å². The van der Waals surface area contributed by atoms with Gasteiger partial charge in [-0.05, 0) is 13.0 Å². The zero-order valence-corrected chi connectivity index (χ0v) is 12.2. The summed E-state index contributed by atoms with van der Waals surface area (Å²) in [5, 5.41) is 7.78. The quantitative estimate of drug-likeness (QED) is 0.798. The molecule has 6 nitrogen and oxygen atoms in total. The van der Waals surface area contributed by atoms with Gasteiger partial charge in [-0.15, -0.1) is 0 Å². The van der Waals surface area contributed by atoms with E-state index in [-0.39, 0.29) is 0 Å². The molecule has 1 aliphatic heterocycles. The molecule has 0 amide bonds. The second kappa shape index (κ2) is 5.31. The molecule has 0 bridgehead atoms. The minimum Gasteiger partial charge on any atom is -0.454 e. The second-order valence-corrected chi connectivity index (χ2v) is 5.31. The number of hydrogen-bond acceptors (Lipinski definition) is 5. The summed E-state index contributed by atoms with van der Waals surface area (Å²) in [6, 6.07) is 7.90. The average molecular weight is 296 g/mol. The fourth-order valence-corrected chi connectivity index (χ4v) is 2.60. The first-order valence-electron chi connectivity index (χ1n) is 7.19. The largest absolute Gasteiger partial charge is 0.454 e. The first-order valence-corrected chi connectivity index (χ1v) is 7.19. The summed E-state index contributed by atoms with van der Waals surface area (Å²) in [6.45, 7) is 3.69. The van der Waals surface area contributed by atoms with Gasteiger partial charge in [0.05, 0.1) is 5.69 Å². The lowest BCUT2D eigenvalue weighted by molar-refractivity contribution is 0.173. The molecule has 22 heavy (non-hydrogen) atoms. The van der Waals surface area contributed by atoms with Crippen LogP contribution >= 0.6 is 0 Å². The molecule has 0 spiro atoms. The van der Waals surface area contributed by atoms with E-state index in [1.807, 2.05) is 48.1 Å². The van der Waals surface area contributed by atoms with Gasteiger partial charge in [-0.3, -0.25) is 0 Å². The number of aromatic nitrogens is 3. The van der Waals surface area contributed by atoms with E-state index in [2.05, 4.69) is 15.4 Å². The highest BCUT2D eigenvalue weighted by Gasteiger charge is 2.16. The molecule has 0 fully saturated rings. The van der Waals surface area contributed by atoms with Crippen LogP contribution in [0.2, 0.25) is 0 Å². The first kappa shape index (κ1) is 13.1. The Bertz CT molecular complexity index is 828. The summed E-state index contributed by atoms with van der Waals surface area (Å²) in [5.74, 6) is 1.65. The van der Waals surface area contributed by atoms with Crippen molar-refractivity contribution in [3.05, 3.63) is 53.5 Å². The summed E-state index contributed by atoms with van der Waals surface area (Å²) >= 11 is 0. The fourth-order valence-electron chi connectivity index (χ4n) is 2.60. The summed E-state index contributed by atoms with van der Waals surface area (Å²) in [6.07, 6.45) is 3.87. The number of para-hydroxylation sites is 1. The van der Waals surface area contributed by atoms with Crippen LogP contribution in [0.1, 0.15) is 16.8 Å². The van der Waals surface area contributed by atoms with Gasteiger partial charge in [0.15, 0.2) is 17.1 Å². The van der Waals surface area contributed by atoms with E-state index in [1.54, 1.807) is 0 Å². The van der Waals surface area contributed by atoms with Crippen molar-refractivity contribution in [2.24, 2.45) is 0 Å². The van der Waals surface area contributed by atoms with Crippen molar-refractivity contribution >= 4 is 5.65 Å². The highest BCUT2D eigenvalue weighted by Crippen LogP contribution is 2.35. The van der Waals surface area contributed by atoms with Gasteiger partial charge in [0.1, 0.15) is 0 Å². The molecule has 0 saturated heterocycles. The number of ether oxygens (including phenoxy) is 2. The van der Waals surface area contributed by atoms with Crippen molar-refractivity contribution in [2.45, 2.75) is 20.0 Å². The van der Waals surface area contributed by atoms with Crippen molar-refractivity contribution in [1.82, 2.24) is 19.9 Å². The Balaban J connectivity index is 1.45. The molecule has 112 valence electrons. The normalized spacial score (nSPS) is 13.0. The predicted molar refractivity (Wildman–Crippen MR) is 80.8 cm³/mol. The molecule has 1 aromatic carbocycles. The Morgan fingerprint density at radius 1 is 1.27 bits per heavy atom. The van der Waals surface area contributed by atoms with Gasteiger partial charge in [0.25, 0.3) is 0 Å². The molecule has 1 aliphatic rings. The van der Waals surface area contributed by atoms with Crippen LogP contribution in [0.25, 0.3) is 5.65 Å². The topological polar surface area (TPSA) is 60.7 Å². The van der Waals surface area contributed by atoms with E-state index in [0.29, 0.717) is 19.9 Å². The molecule has 4 rings (SSSR count). The van der Waals surface area contributed by atoms with Crippen LogP contribution in [0.15, 0.2) is 36.7 Å². The van der Waals surface area contributed by atoms with E-state index < -0.39 is 0 Å². The molecule has 0 saturated carbocycles. The maximum Gasteiger partial charge on any atom is 0.231 e. The van der Waals surface area contributed by atoms with Crippen LogP contribution < -0.4 is 14.8 Å². The van der Waals surface area contributed by atoms with Gasteiger partial charge in [-0.25, -0.2) is 9.50 Å². The van der Waals surface area contributed by atoms with E-state index >= 15 is 0 Å². The third-order valence-electron chi connectivity index (χ3n) is 3.61. The summed E-state index contributed by atoms with van der Waals surface area (Å²) < 4.78 is 12.7. The molecular weight excluding hydrogens is 280 g/mol. The first-order chi connectivity index (χ1) is 10.8. The standard InChI is InChI=1S/C16H16N4O2/c1-11-5-15-18-7-12(9-20(15)19-11)6-17-8-13-3-2-4-14-16(13)22-10-21-14/h2-5,7,9,17H,6,8,10H2,1H3. The average Bonchev–Trinajstić information content (AvgIpc) is 3.12. The number of hydrogen-bond donors (Lipinski definition) is 1. The van der Waals surface area contributed by atoms with Gasteiger partial charge in [0.2, 0.25) is 6.79 Å². The third kappa shape index (κ3) is 2.37. The fraction of sp³-hybridized carbons (Fsp3) is 0.250. The zero-order valence-electron chi connectivity index (χ0n) is 12.2. The molecule has 2 aromatic heterocycles. The summed E-state index contributed by atoms with van der Waals surface area (Å²) in [7, 11) is 0. The number of nitrogens with one attached hydrogen (secondary N) is 1. The number of benzene rings is 1. The molecule has 0 aliphatic carbocycles. The maximum atomic E-state index is 5.50. The highest BCUT2D eigenvalue weighted by atomic mass is 16.7. The Morgan fingerprint density at radius 3 is 3.18 bits per heavy atom. The van der Waals surface area contributed by atoms with E-state index in [9.17, 15) is 0 Å². The molecule has 0 radical (unpaired) electrons. The van der Waals surface area contributed by atoms with Crippen LogP contribution in [0.4, 0.5) is 0 Å². The summed E-state index contributed by atoms with van der Waals surface area (Å²) in [5.41, 5.74) is 4.02. The van der Waals surface area contributed by atoms with Crippen LogP contribution in [0, 0.1) is 6.92 Å². The van der Waals surface area contributed by atoms with Crippen molar-refractivity contribution in [1.29, 1.82) is 0 Å². The van der Waals surface area contributed by atoms with Crippen LogP contribution in [0.3, 0.4) is 0 Å². The van der Waals surface area contributed by atoms with Crippen molar-refractivity contribution in [3.63, 3.8) is 0 Å². The lowest BCUT2D eigenvalue weighted by Gasteiger charge is -2.08. The minimum absolute atomic E-state index is 0.297. The molecule has 0 unspecified atom stereocenters. The lowest BCUT2D eigenvalue weighted by Crippen LogP contribution is -2.14. The van der Waals surface area contributed by atoms with Crippen molar-refractivity contribution < 1.29 is 9.47 Å². The molecule has 1 N–H and O–H groups in total. The predicted octanol–water partition coefficient (Wildman–Crippen LogP) is 2.06. The van der Waals surface area contributed by atoms with Gasteiger partial charge in [0, 0.05) is 42.7 Å². The molecule has 0 atom stereocenters. The van der Waals surface area contributed by atoms with Gasteiger partial charge < -0.3 is 14.8 Å². The Kier molecular flexibility index (Phi) is 3.16. The van der Waals surface area contributed by atoms with Gasteiger partial charge in [-0.1, -0.05) is 12.1 Å². The van der Waals surface area contributed by atoms with E-state index in [1.165, 1.54) is 0 Å². The van der Waals surface area contributed by atoms with Crippen molar-refractivity contribution in [2.75, 3.05) is 6.79 Å². The Morgan fingerprint density at radius 2 is 2.23 bits per heavy atom. The van der Waals surface area contributed by atoms with Gasteiger partial charge in [-0.2, -0.15) is 5.10 Å². The Labute approximate surface area is 127 Å². The maximum absolute atomic E-state index is 5.50. The smallest absolute Gasteiger partial charge is 0.231 e. The summed E-state index contributed by atoms with van der Waals surface area (Å²) in [4.78, 5) is 4.40. The molecule has 6 heteroatoms. The Hall–Kier alpha value is -2.60. The number of rotatable bonds is 4. The highest BCUT2D eigenvalue weighted by molar-refractivity contribution is 5.48. The number of nitrogens with zero attached hydrogens (tertiary/aromatic N) is 3. The van der Waals surface area contributed by atoms with Crippen LogP contribution in [0.5, 0.6) is 11.5 Å². The van der Waals surface area contributed by atoms with Gasteiger partial charge >= 0.3 is 0 Å². The van der Waals surface area contributed by atoms with E-state index in [4.69, 9.17) is 9.47 Å².